The second-order valence-electron chi connectivity index (χ2n) is 10.9. The quantitative estimate of drug-likeness (QED) is 0.181. The zero-order chi connectivity index (χ0) is 29.6. The molecule has 1 unspecified atom stereocenters. The van der Waals surface area contributed by atoms with Gasteiger partial charge in [0.05, 0.1) is 5.69 Å². The summed E-state index contributed by atoms with van der Waals surface area (Å²) >= 11 is 0. The van der Waals surface area contributed by atoms with Gasteiger partial charge >= 0.3 is 0 Å². The molecule has 5 rings (SSSR count). The number of aromatic nitrogens is 2. The maximum absolute atomic E-state index is 13.4. The summed E-state index contributed by atoms with van der Waals surface area (Å²) in [5.41, 5.74) is 6.54. The summed E-state index contributed by atoms with van der Waals surface area (Å²) in [6.45, 7) is 12.1. The van der Waals surface area contributed by atoms with E-state index in [1.165, 1.54) is 5.56 Å². The van der Waals surface area contributed by atoms with Crippen molar-refractivity contribution in [3.8, 4) is 0 Å². The minimum absolute atomic E-state index is 0.253. The third-order valence-electron chi connectivity index (χ3n) is 7.47. The van der Waals surface area contributed by atoms with Gasteiger partial charge in [0.25, 0.3) is 11.7 Å². The van der Waals surface area contributed by atoms with Crippen LogP contribution in [-0.4, -0.2) is 54.4 Å². The van der Waals surface area contributed by atoms with E-state index < -0.39 is 17.8 Å². The molecule has 1 aliphatic heterocycles. The third kappa shape index (κ3) is 6.71. The Labute approximate surface area is 247 Å². The van der Waals surface area contributed by atoms with Crippen LogP contribution in [0.4, 0.5) is 17.2 Å². The third-order valence-corrected chi connectivity index (χ3v) is 7.47. The fourth-order valence-electron chi connectivity index (χ4n) is 5.47. The first kappa shape index (κ1) is 29.1. The topological polar surface area (TPSA) is 90.6 Å². The van der Waals surface area contributed by atoms with Crippen molar-refractivity contribution in [2.75, 3.05) is 47.9 Å². The lowest BCUT2D eigenvalue weighted by Gasteiger charge is -2.37. The molecule has 42 heavy (non-hydrogen) atoms. The summed E-state index contributed by atoms with van der Waals surface area (Å²) in [5.74, 6) is -0.288. The number of ether oxygens (including phenoxy) is 1. The molecule has 1 fully saturated rings. The van der Waals surface area contributed by atoms with E-state index >= 15 is 0 Å². The van der Waals surface area contributed by atoms with Gasteiger partial charge in [0.2, 0.25) is 0 Å². The van der Waals surface area contributed by atoms with Crippen molar-refractivity contribution in [2.24, 2.45) is 0 Å². The lowest BCUT2D eigenvalue weighted by molar-refractivity contribution is -0.112. The molecule has 0 bridgehead atoms. The molecule has 0 spiro atoms. The first-order valence-corrected chi connectivity index (χ1v) is 14.6. The highest BCUT2D eigenvalue weighted by Crippen LogP contribution is 2.30. The van der Waals surface area contributed by atoms with Gasteiger partial charge in [0.1, 0.15) is 11.9 Å². The minimum atomic E-state index is -0.692. The Balaban J connectivity index is 1.24. The minimum Gasteiger partial charge on any atom is -0.369 e. The normalized spacial score (nSPS) is 14.1. The van der Waals surface area contributed by atoms with E-state index in [0.717, 1.165) is 61.1 Å². The van der Waals surface area contributed by atoms with E-state index in [4.69, 9.17) is 9.72 Å². The average molecular weight is 566 g/mol. The fraction of sp³-hybridized carbons (Fsp3) is 0.324. The Hall–Kier alpha value is -4.43. The zero-order valence-electron chi connectivity index (χ0n) is 24.8. The van der Waals surface area contributed by atoms with E-state index in [0.29, 0.717) is 17.9 Å². The van der Waals surface area contributed by atoms with Crippen LogP contribution >= 0.6 is 0 Å². The van der Waals surface area contributed by atoms with Crippen LogP contribution in [0, 0.1) is 20.8 Å². The average Bonchev–Trinajstić information content (AvgIpc) is 3.38. The first-order valence-electron chi connectivity index (χ1n) is 14.6. The summed E-state index contributed by atoms with van der Waals surface area (Å²) in [4.78, 5) is 38.9. The summed E-state index contributed by atoms with van der Waals surface area (Å²) in [6, 6.07) is 23.5. The van der Waals surface area contributed by atoms with Gasteiger partial charge < -0.3 is 24.8 Å². The number of nitrogens with one attached hydrogen (secondary N) is 2. The van der Waals surface area contributed by atoms with Crippen molar-refractivity contribution in [3.63, 3.8) is 0 Å². The largest absolute Gasteiger partial charge is 0.369 e. The number of nitrogens with zero attached hydrogens (tertiary/aromatic N) is 3. The highest BCUT2D eigenvalue weighted by Gasteiger charge is 2.28. The van der Waals surface area contributed by atoms with Gasteiger partial charge in [-0.05, 0) is 80.8 Å². The SMILES string of the molecule is CCCOC(c1ccccc1)c1cc(C)[nH]c1C(=O)C(=O)Nc1ccc(N2CCN(c3cc(C)cc(C)n3)CC2)cc1. The van der Waals surface area contributed by atoms with Crippen molar-refractivity contribution in [1.82, 2.24) is 9.97 Å². The highest BCUT2D eigenvalue weighted by molar-refractivity contribution is 6.46. The number of carbonyl (C=O) groups is 2. The molecule has 8 nitrogen and oxygen atoms in total. The van der Waals surface area contributed by atoms with Crippen LogP contribution in [0.5, 0.6) is 0 Å². The van der Waals surface area contributed by atoms with Crippen LogP contribution in [0.25, 0.3) is 0 Å². The molecule has 0 radical (unpaired) electrons. The molecular formula is C34H39N5O3. The summed E-state index contributed by atoms with van der Waals surface area (Å²) < 4.78 is 6.16. The molecule has 2 aromatic carbocycles. The lowest BCUT2D eigenvalue weighted by Crippen LogP contribution is -2.46. The molecule has 3 heterocycles. The zero-order valence-corrected chi connectivity index (χ0v) is 24.8. The smallest absolute Gasteiger partial charge is 0.298 e. The van der Waals surface area contributed by atoms with Crippen molar-refractivity contribution in [2.45, 2.75) is 40.2 Å². The predicted octanol–water partition coefficient (Wildman–Crippen LogP) is 6.00. The summed E-state index contributed by atoms with van der Waals surface area (Å²) in [7, 11) is 0. The summed E-state index contributed by atoms with van der Waals surface area (Å²) in [6.07, 6.45) is 0.388. The van der Waals surface area contributed by atoms with Crippen LogP contribution in [0.2, 0.25) is 0 Å². The number of carbonyl (C=O) groups excluding carboxylic acids is 2. The van der Waals surface area contributed by atoms with E-state index in [9.17, 15) is 9.59 Å². The van der Waals surface area contributed by atoms with Gasteiger partial charge in [-0.15, -0.1) is 0 Å². The van der Waals surface area contributed by atoms with Crippen molar-refractivity contribution >= 4 is 28.9 Å². The number of H-pyrrole nitrogens is 1. The molecule has 1 amide bonds. The number of ketones is 1. The number of amides is 1. The predicted molar refractivity (Wildman–Crippen MR) is 168 cm³/mol. The van der Waals surface area contributed by atoms with Gasteiger partial charge in [-0.3, -0.25) is 9.59 Å². The van der Waals surface area contributed by atoms with Crippen LogP contribution in [-0.2, 0) is 9.53 Å². The molecule has 218 valence electrons. The van der Waals surface area contributed by atoms with Gasteiger partial charge in [-0.2, -0.15) is 0 Å². The van der Waals surface area contributed by atoms with Crippen LogP contribution in [0.1, 0.15) is 58.0 Å². The first-order chi connectivity index (χ1) is 20.3. The number of anilines is 3. The Bertz CT molecular complexity index is 1500. The van der Waals surface area contributed by atoms with E-state index in [-0.39, 0.29) is 5.69 Å². The molecule has 0 saturated carbocycles. The molecule has 1 saturated heterocycles. The van der Waals surface area contributed by atoms with Crippen LogP contribution in [0.15, 0.2) is 72.8 Å². The van der Waals surface area contributed by atoms with E-state index in [1.54, 1.807) is 0 Å². The Morgan fingerprint density at radius 1 is 0.929 bits per heavy atom. The molecular weight excluding hydrogens is 526 g/mol. The number of pyridine rings is 1. The van der Waals surface area contributed by atoms with Gasteiger partial charge in [-0.1, -0.05) is 37.3 Å². The Morgan fingerprint density at radius 3 is 2.29 bits per heavy atom. The fourth-order valence-corrected chi connectivity index (χ4v) is 5.47. The number of benzene rings is 2. The Kier molecular flexibility index (Phi) is 9.03. The molecule has 2 N–H and O–H groups in total. The number of piperazine rings is 1. The number of hydrogen-bond donors (Lipinski definition) is 2. The second-order valence-corrected chi connectivity index (χ2v) is 10.9. The number of Topliss-reactive ketones (excluding diaryl/α,β-unsaturated/α-hetero) is 1. The lowest BCUT2D eigenvalue weighted by atomic mass is 9.99. The number of rotatable bonds is 10. The van der Waals surface area contributed by atoms with Gasteiger partial charge in [0.15, 0.2) is 0 Å². The van der Waals surface area contributed by atoms with E-state index in [1.807, 2.05) is 81.4 Å². The number of aryl methyl sites for hydroxylation is 3. The van der Waals surface area contributed by atoms with Crippen molar-refractivity contribution in [1.29, 1.82) is 0 Å². The Morgan fingerprint density at radius 2 is 1.62 bits per heavy atom. The molecule has 1 atom stereocenters. The second kappa shape index (κ2) is 13.0. The van der Waals surface area contributed by atoms with Crippen molar-refractivity contribution in [3.05, 3.63) is 107 Å². The van der Waals surface area contributed by atoms with Crippen LogP contribution < -0.4 is 15.1 Å². The standard InChI is InChI=1S/C34H39N5O3/c1-5-19-42-33(26-9-7-6-8-10-26)29-22-25(4)36-31(29)32(40)34(41)37-27-11-13-28(14-12-27)38-15-17-39(18-16-38)30-21-23(2)20-24(3)35-30/h6-14,20-22,33,36H,5,15-19H2,1-4H3,(H,37,41). The summed E-state index contributed by atoms with van der Waals surface area (Å²) in [5, 5.41) is 2.78. The number of hydrogen-bond acceptors (Lipinski definition) is 6. The maximum atomic E-state index is 13.4. The van der Waals surface area contributed by atoms with E-state index in [2.05, 4.69) is 39.2 Å². The molecule has 8 heteroatoms. The molecule has 2 aromatic heterocycles. The van der Waals surface area contributed by atoms with Crippen molar-refractivity contribution < 1.29 is 14.3 Å². The maximum Gasteiger partial charge on any atom is 0.298 e. The number of aromatic amines is 1. The molecule has 0 aliphatic carbocycles. The molecule has 1 aliphatic rings. The monoisotopic (exact) mass is 565 g/mol. The van der Waals surface area contributed by atoms with Gasteiger partial charge in [0, 0.05) is 61.1 Å². The highest BCUT2D eigenvalue weighted by atomic mass is 16.5. The van der Waals surface area contributed by atoms with Crippen LogP contribution in [0.3, 0.4) is 0 Å². The molecule has 4 aromatic rings. The van der Waals surface area contributed by atoms with Gasteiger partial charge in [-0.25, -0.2) is 4.98 Å².